The van der Waals surface area contributed by atoms with E-state index in [2.05, 4.69) is 15.3 Å². The number of anilines is 1. The zero-order chi connectivity index (χ0) is 15.6. The van der Waals surface area contributed by atoms with Gasteiger partial charge >= 0.3 is 10.9 Å². The fraction of sp³-hybridized carbons (Fsp3) is 0.100. The predicted octanol–water partition coefficient (Wildman–Crippen LogP) is 3.86. The molecule has 0 spiro atoms. The summed E-state index contributed by atoms with van der Waals surface area (Å²) in [5, 5.41) is 14.1. The highest BCUT2D eigenvalue weighted by molar-refractivity contribution is 8.01. The van der Waals surface area contributed by atoms with Crippen molar-refractivity contribution in [3.63, 3.8) is 0 Å². The molecular weight excluding hydrogens is 359 g/mol. The first-order valence-electron chi connectivity index (χ1n) is 5.28. The van der Waals surface area contributed by atoms with Gasteiger partial charge in [-0.05, 0) is 9.91 Å². The molecule has 0 aromatic carbocycles. The third kappa shape index (κ3) is 3.82. The van der Waals surface area contributed by atoms with Gasteiger partial charge in [-0.3, -0.25) is 15.1 Å². The number of thiazole rings is 1. The fourth-order valence-corrected chi connectivity index (χ4v) is 3.93. The summed E-state index contributed by atoms with van der Waals surface area (Å²) in [5.41, 5.74) is 0. The smallest absolute Gasteiger partial charge is 0.358 e. The van der Waals surface area contributed by atoms with Gasteiger partial charge in [0, 0.05) is 19.3 Å². The van der Waals surface area contributed by atoms with Gasteiger partial charge in [0.15, 0.2) is 4.21 Å². The number of rotatable bonds is 4. The fourth-order valence-electron chi connectivity index (χ4n) is 1.27. The zero-order valence-electron chi connectivity index (χ0n) is 10.3. The van der Waals surface area contributed by atoms with Gasteiger partial charge in [0.25, 0.3) is 0 Å². The van der Waals surface area contributed by atoms with Gasteiger partial charge in [-0.15, -0.1) is 0 Å². The van der Waals surface area contributed by atoms with Crippen molar-refractivity contribution >= 4 is 63.2 Å². The Balaban J connectivity index is 2.41. The maximum Gasteiger partial charge on any atom is 0.391 e. The molecule has 1 N–H and O–H groups in total. The van der Waals surface area contributed by atoms with Crippen molar-refractivity contribution in [1.29, 1.82) is 0 Å². The van der Waals surface area contributed by atoms with E-state index in [0.29, 0.717) is 4.90 Å². The van der Waals surface area contributed by atoms with Gasteiger partial charge in [-0.1, -0.05) is 46.3 Å². The summed E-state index contributed by atoms with van der Waals surface area (Å²) in [6, 6.07) is 0. The van der Waals surface area contributed by atoms with Crippen LogP contribution in [0, 0.1) is 10.1 Å². The van der Waals surface area contributed by atoms with Crippen LogP contribution in [0.3, 0.4) is 0 Å². The van der Waals surface area contributed by atoms with Crippen molar-refractivity contribution in [2.75, 3.05) is 5.32 Å². The molecule has 2 aromatic heterocycles. The normalized spacial score (nSPS) is 10.4. The minimum Gasteiger partial charge on any atom is -0.358 e. The summed E-state index contributed by atoms with van der Waals surface area (Å²) < 4.78 is 0.263. The topological polar surface area (TPSA) is 98.0 Å². The molecule has 0 saturated carbocycles. The molecular formula is C10H6Cl2N4O3S2. The highest BCUT2D eigenvalue weighted by atomic mass is 35.5. The molecule has 0 bridgehead atoms. The highest BCUT2D eigenvalue weighted by Gasteiger charge is 2.25. The Morgan fingerprint density at radius 3 is 2.57 bits per heavy atom. The molecule has 0 fully saturated rings. The minimum absolute atomic E-state index is 0.137. The summed E-state index contributed by atoms with van der Waals surface area (Å²) in [6.45, 7) is 1.29. The zero-order valence-corrected chi connectivity index (χ0v) is 13.4. The Hall–Kier alpha value is -1.42. The summed E-state index contributed by atoms with van der Waals surface area (Å²) >= 11 is 13.9. The van der Waals surface area contributed by atoms with Gasteiger partial charge in [-0.25, -0.2) is 0 Å². The van der Waals surface area contributed by atoms with E-state index in [4.69, 9.17) is 23.2 Å². The molecule has 0 aliphatic carbocycles. The lowest BCUT2D eigenvalue weighted by Crippen LogP contribution is -2.05. The SMILES string of the molecule is CC(=O)Nc1nc([N+](=O)[O-])c(Sc2c(Cl)cncc2Cl)s1. The number of hydrogen-bond donors (Lipinski definition) is 1. The monoisotopic (exact) mass is 364 g/mol. The maximum atomic E-state index is 11.0. The number of nitro groups is 1. The van der Waals surface area contributed by atoms with E-state index >= 15 is 0 Å². The molecule has 7 nitrogen and oxygen atoms in total. The Morgan fingerprint density at radius 2 is 2.05 bits per heavy atom. The number of nitrogens with zero attached hydrogens (tertiary/aromatic N) is 3. The quantitative estimate of drug-likeness (QED) is 0.653. The van der Waals surface area contributed by atoms with Crippen LogP contribution in [-0.2, 0) is 4.79 Å². The molecule has 2 heterocycles. The molecule has 21 heavy (non-hydrogen) atoms. The number of hydrogen-bond acceptors (Lipinski definition) is 7. The van der Waals surface area contributed by atoms with Crippen LogP contribution in [0.5, 0.6) is 0 Å². The Labute approximate surface area is 136 Å². The third-order valence-electron chi connectivity index (χ3n) is 2.04. The van der Waals surface area contributed by atoms with Gasteiger partial charge in [0.2, 0.25) is 5.91 Å². The molecule has 0 saturated heterocycles. The van der Waals surface area contributed by atoms with E-state index in [9.17, 15) is 14.9 Å². The average molecular weight is 365 g/mol. The van der Waals surface area contributed by atoms with Crippen molar-refractivity contribution < 1.29 is 9.72 Å². The van der Waals surface area contributed by atoms with Crippen LogP contribution in [0.25, 0.3) is 0 Å². The van der Waals surface area contributed by atoms with E-state index in [1.807, 2.05) is 0 Å². The third-order valence-corrected chi connectivity index (χ3v) is 5.10. The lowest BCUT2D eigenvalue weighted by Gasteiger charge is -2.03. The minimum atomic E-state index is -0.632. The van der Waals surface area contributed by atoms with E-state index in [1.165, 1.54) is 19.3 Å². The van der Waals surface area contributed by atoms with E-state index in [-0.39, 0.29) is 31.1 Å². The number of halogens is 2. The lowest BCUT2D eigenvalue weighted by atomic mass is 10.5. The number of carbonyl (C=O) groups excluding carboxylic acids is 1. The lowest BCUT2D eigenvalue weighted by molar-refractivity contribution is -0.391. The molecule has 11 heteroatoms. The summed E-state index contributed by atoms with van der Waals surface area (Å²) in [4.78, 5) is 29.4. The standard InChI is InChI=1S/C10H6Cl2N4O3S2/c1-4(17)14-10-15-8(16(18)19)9(21-10)20-7-5(11)2-13-3-6(7)12/h2-3H,1H3,(H,14,15,17). The van der Waals surface area contributed by atoms with Crippen LogP contribution in [0.4, 0.5) is 10.9 Å². The second kappa shape index (κ2) is 6.56. The first kappa shape index (κ1) is 16.0. The van der Waals surface area contributed by atoms with Crippen LogP contribution >= 0.6 is 46.3 Å². The predicted molar refractivity (Wildman–Crippen MR) is 81.5 cm³/mol. The second-order valence-electron chi connectivity index (χ2n) is 3.60. The summed E-state index contributed by atoms with van der Waals surface area (Å²) in [6.07, 6.45) is 2.77. The van der Waals surface area contributed by atoms with Crippen LogP contribution in [-0.4, -0.2) is 20.8 Å². The first-order chi connectivity index (χ1) is 9.88. The molecule has 2 aromatic rings. The van der Waals surface area contributed by atoms with E-state index in [1.54, 1.807) is 0 Å². The summed E-state index contributed by atoms with van der Waals surface area (Å²) in [7, 11) is 0. The average Bonchev–Trinajstić information content (AvgIpc) is 2.76. The van der Waals surface area contributed by atoms with Crippen molar-refractivity contribution in [1.82, 2.24) is 9.97 Å². The molecule has 110 valence electrons. The van der Waals surface area contributed by atoms with E-state index in [0.717, 1.165) is 23.1 Å². The van der Waals surface area contributed by atoms with Gasteiger partial charge in [0.1, 0.15) is 0 Å². The van der Waals surface area contributed by atoms with Crippen molar-refractivity contribution in [2.24, 2.45) is 0 Å². The van der Waals surface area contributed by atoms with Gasteiger partial charge in [-0.2, -0.15) is 0 Å². The molecule has 0 aliphatic rings. The van der Waals surface area contributed by atoms with Crippen LogP contribution in [0.2, 0.25) is 10.0 Å². The number of amides is 1. The maximum absolute atomic E-state index is 11.0. The molecule has 0 atom stereocenters. The first-order valence-corrected chi connectivity index (χ1v) is 7.67. The molecule has 0 unspecified atom stereocenters. The second-order valence-corrected chi connectivity index (χ2v) is 6.70. The molecule has 0 aliphatic heterocycles. The van der Waals surface area contributed by atoms with Crippen LogP contribution < -0.4 is 5.32 Å². The van der Waals surface area contributed by atoms with Crippen LogP contribution in [0.15, 0.2) is 21.5 Å². The Bertz CT molecular complexity index is 702. The highest BCUT2D eigenvalue weighted by Crippen LogP contribution is 2.45. The van der Waals surface area contributed by atoms with Gasteiger partial charge < -0.3 is 10.1 Å². The van der Waals surface area contributed by atoms with Crippen molar-refractivity contribution in [3.8, 4) is 0 Å². The van der Waals surface area contributed by atoms with Crippen LogP contribution in [0.1, 0.15) is 6.92 Å². The van der Waals surface area contributed by atoms with E-state index < -0.39 is 4.92 Å². The molecule has 2 rings (SSSR count). The molecule has 1 amide bonds. The van der Waals surface area contributed by atoms with Gasteiger partial charge in [0.05, 0.1) is 14.9 Å². The number of aromatic nitrogens is 2. The molecule has 0 radical (unpaired) electrons. The van der Waals surface area contributed by atoms with Crippen molar-refractivity contribution in [3.05, 3.63) is 32.6 Å². The number of carbonyl (C=O) groups is 1. The Morgan fingerprint density at radius 1 is 1.43 bits per heavy atom. The summed E-state index contributed by atoms with van der Waals surface area (Å²) in [5.74, 6) is -0.729. The largest absolute Gasteiger partial charge is 0.391 e. The Kier molecular flexibility index (Phi) is 4.99. The number of nitrogens with one attached hydrogen (secondary N) is 1. The number of pyridine rings is 1. The van der Waals surface area contributed by atoms with Crippen molar-refractivity contribution in [2.45, 2.75) is 16.0 Å².